The molecule has 0 saturated heterocycles. The SMILES string of the molecule is C#Cc1cc(C(F)(F)C(F)(F)F)ccn1. The Bertz CT molecular complexity index is 402. The summed E-state index contributed by atoms with van der Waals surface area (Å²) in [6, 6.07) is 1.11. The second-order valence-corrected chi connectivity index (χ2v) is 2.65. The maximum atomic E-state index is 12.8. The molecule has 0 aliphatic rings. The molecule has 0 aliphatic heterocycles. The number of aromatic nitrogens is 1. The van der Waals surface area contributed by atoms with E-state index in [9.17, 15) is 22.0 Å². The van der Waals surface area contributed by atoms with Crippen molar-refractivity contribution in [1.29, 1.82) is 0 Å². The van der Waals surface area contributed by atoms with E-state index in [2.05, 4.69) is 4.98 Å². The average Bonchev–Trinajstić information content (AvgIpc) is 2.16. The molecule has 1 rings (SSSR count). The number of halogens is 5. The molecule has 1 aromatic heterocycles. The lowest BCUT2D eigenvalue weighted by atomic mass is 10.1. The van der Waals surface area contributed by atoms with Crippen LogP contribution in [0.15, 0.2) is 18.3 Å². The van der Waals surface area contributed by atoms with Crippen molar-refractivity contribution in [3.63, 3.8) is 0 Å². The number of hydrogen-bond acceptors (Lipinski definition) is 1. The highest BCUT2D eigenvalue weighted by Gasteiger charge is 2.58. The lowest BCUT2D eigenvalue weighted by Crippen LogP contribution is -2.33. The van der Waals surface area contributed by atoms with E-state index < -0.39 is 17.7 Å². The highest BCUT2D eigenvalue weighted by atomic mass is 19.4. The highest BCUT2D eigenvalue weighted by molar-refractivity contribution is 5.31. The molecule has 0 fully saturated rings. The second-order valence-electron chi connectivity index (χ2n) is 2.65. The van der Waals surface area contributed by atoms with E-state index in [4.69, 9.17) is 6.42 Å². The van der Waals surface area contributed by atoms with Crippen LogP contribution >= 0.6 is 0 Å². The van der Waals surface area contributed by atoms with Crippen molar-refractivity contribution >= 4 is 0 Å². The second kappa shape index (κ2) is 3.50. The van der Waals surface area contributed by atoms with Gasteiger partial charge in [0.1, 0.15) is 5.69 Å². The van der Waals surface area contributed by atoms with Crippen LogP contribution in [0, 0.1) is 12.3 Å². The van der Waals surface area contributed by atoms with Gasteiger partial charge in [-0.05, 0) is 12.1 Å². The first-order valence-corrected chi connectivity index (χ1v) is 3.66. The molecule has 6 heteroatoms. The van der Waals surface area contributed by atoms with Crippen molar-refractivity contribution in [2.45, 2.75) is 12.1 Å². The predicted molar refractivity (Wildman–Crippen MR) is 42.1 cm³/mol. The maximum absolute atomic E-state index is 12.8. The summed E-state index contributed by atoms with van der Waals surface area (Å²) in [5.41, 5.74) is -1.48. The van der Waals surface area contributed by atoms with Gasteiger partial charge >= 0.3 is 12.1 Å². The Morgan fingerprint density at radius 3 is 2.27 bits per heavy atom. The monoisotopic (exact) mass is 221 g/mol. The van der Waals surface area contributed by atoms with Gasteiger partial charge in [-0.2, -0.15) is 22.0 Å². The number of rotatable bonds is 1. The molecule has 0 unspecified atom stereocenters. The summed E-state index contributed by atoms with van der Waals surface area (Å²) in [6.45, 7) is 0. The van der Waals surface area contributed by atoms with Crippen LogP contribution in [0.1, 0.15) is 11.3 Å². The summed E-state index contributed by atoms with van der Waals surface area (Å²) in [5, 5.41) is 0. The van der Waals surface area contributed by atoms with Gasteiger partial charge in [-0.1, -0.05) is 5.92 Å². The summed E-state index contributed by atoms with van der Waals surface area (Å²) in [5.74, 6) is -3.04. The molecule has 0 amide bonds. The number of hydrogen-bond donors (Lipinski definition) is 0. The maximum Gasteiger partial charge on any atom is 0.458 e. The molecule has 1 nitrogen and oxygen atoms in total. The van der Waals surface area contributed by atoms with Gasteiger partial charge in [0.15, 0.2) is 0 Å². The first-order chi connectivity index (χ1) is 6.79. The van der Waals surface area contributed by atoms with Crippen LogP contribution in [0.4, 0.5) is 22.0 Å². The van der Waals surface area contributed by atoms with Gasteiger partial charge in [-0.3, -0.25) is 0 Å². The first kappa shape index (κ1) is 11.4. The fourth-order valence-electron chi connectivity index (χ4n) is 0.868. The Hall–Kier alpha value is -1.64. The highest BCUT2D eigenvalue weighted by Crippen LogP contribution is 2.43. The van der Waals surface area contributed by atoms with Crippen molar-refractivity contribution in [2.24, 2.45) is 0 Å². The van der Waals surface area contributed by atoms with Crippen molar-refractivity contribution in [2.75, 3.05) is 0 Å². The molecule has 0 atom stereocenters. The Morgan fingerprint density at radius 2 is 1.80 bits per heavy atom. The first-order valence-electron chi connectivity index (χ1n) is 3.66. The number of nitrogens with zero attached hydrogens (tertiary/aromatic N) is 1. The topological polar surface area (TPSA) is 12.9 Å². The average molecular weight is 221 g/mol. The zero-order chi connectivity index (χ0) is 11.7. The lowest BCUT2D eigenvalue weighted by Gasteiger charge is -2.19. The van der Waals surface area contributed by atoms with Crippen LogP contribution in [0.25, 0.3) is 0 Å². The largest absolute Gasteiger partial charge is 0.458 e. The summed E-state index contributed by atoms with van der Waals surface area (Å²) in [6.07, 6.45) is 0.00342. The van der Waals surface area contributed by atoms with Crippen LogP contribution in [-0.4, -0.2) is 11.2 Å². The molecule has 80 valence electrons. The Balaban J connectivity index is 3.23. The number of terminal acetylenes is 1. The van der Waals surface area contributed by atoms with Crippen molar-refractivity contribution in [3.8, 4) is 12.3 Å². The van der Waals surface area contributed by atoms with Crippen LogP contribution in [-0.2, 0) is 5.92 Å². The van der Waals surface area contributed by atoms with Gasteiger partial charge in [0.05, 0.1) is 0 Å². The van der Waals surface area contributed by atoms with Gasteiger partial charge < -0.3 is 0 Å². The normalized spacial score (nSPS) is 12.3. The van der Waals surface area contributed by atoms with Gasteiger partial charge in [0.2, 0.25) is 0 Å². The summed E-state index contributed by atoms with van der Waals surface area (Å²) >= 11 is 0. The molecule has 0 aliphatic carbocycles. The molecular weight excluding hydrogens is 217 g/mol. The van der Waals surface area contributed by atoms with Crippen LogP contribution < -0.4 is 0 Å². The summed E-state index contributed by atoms with van der Waals surface area (Å²) in [7, 11) is 0. The third kappa shape index (κ3) is 2.06. The minimum absolute atomic E-state index is 0.267. The Kier molecular flexibility index (Phi) is 2.67. The molecular formula is C9H4F5N. The van der Waals surface area contributed by atoms with Gasteiger partial charge in [0.25, 0.3) is 0 Å². The number of alkyl halides is 5. The van der Waals surface area contributed by atoms with E-state index in [1.807, 2.05) is 5.92 Å². The van der Waals surface area contributed by atoms with Crippen LogP contribution in [0.3, 0.4) is 0 Å². The third-order valence-electron chi connectivity index (χ3n) is 1.63. The molecule has 1 aromatic rings. The zero-order valence-electron chi connectivity index (χ0n) is 7.15. The lowest BCUT2D eigenvalue weighted by molar-refractivity contribution is -0.289. The predicted octanol–water partition coefficient (Wildman–Crippen LogP) is 2.72. The summed E-state index contributed by atoms with van der Waals surface area (Å²) in [4.78, 5) is 3.42. The van der Waals surface area contributed by atoms with Gasteiger partial charge in [-0.25, -0.2) is 4.98 Å². The van der Waals surface area contributed by atoms with Crippen LogP contribution in [0.2, 0.25) is 0 Å². The van der Waals surface area contributed by atoms with Gasteiger partial charge in [0, 0.05) is 11.8 Å². The molecule has 1 heterocycles. The Morgan fingerprint density at radius 1 is 1.20 bits per heavy atom. The van der Waals surface area contributed by atoms with E-state index in [0.29, 0.717) is 12.1 Å². The molecule has 15 heavy (non-hydrogen) atoms. The van der Waals surface area contributed by atoms with Crippen molar-refractivity contribution in [3.05, 3.63) is 29.6 Å². The minimum atomic E-state index is -5.64. The standard InChI is InChI=1S/C9H4F5N/c1-2-7-5-6(3-4-15-7)8(10,11)9(12,13)14/h1,3-5H. The Labute approximate surface area is 81.9 Å². The molecule has 0 saturated carbocycles. The summed E-state index contributed by atoms with van der Waals surface area (Å²) < 4.78 is 61.3. The van der Waals surface area contributed by atoms with E-state index >= 15 is 0 Å². The number of pyridine rings is 1. The molecule has 0 radical (unpaired) electrons. The van der Waals surface area contributed by atoms with Crippen LogP contribution in [0.5, 0.6) is 0 Å². The van der Waals surface area contributed by atoms with Crippen molar-refractivity contribution in [1.82, 2.24) is 4.98 Å². The molecule has 0 aromatic carbocycles. The molecule has 0 N–H and O–H groups in total. The van der Waals surface area contributed by atoms with Gasteiger partial charge in [-0.15, -0.1) is 6.42 Å². The smallest absolute Gasteiger partial charge is 0.248 e. The fraction of sp³-hybridized carbons (Fsp3) is 0.222. The van der Waals surface area contributed by atoms with E-state index in [-0.39, 0.29) is 5.69 Å². The fourth-order valence-corrected chi connectivity index (χ4v) is 0.868. The van der Waals surface area contributed by atoms with E-state index in [1.54, 1.807) is 0 Å². The minimum Gasteiger partial charge on any atom is -0.248 e. The third-order valence-corrected chi connectivity index (χ3v) is 1.63. The van der Waals surface area contributed by atoms with E-state index in [0.717, 1.165) is 6.20 Å². The quantitative estimate of drug-likeness (QED) is 0.524. The molecule has 0 bridgehead atoms. The zero-order valence-corrected chi connectivity index (χ0v) is 7.15. The van der Waals surface area contributed by atoms with Crippen molar-refractivity contribution < 1.29 is 22.0 Å². The molecule has 0 spiro atoms. The van der Waals surface area contributed by atoms with E-state index in [1.165, 1.54) is 0 Å².